The lowest BCUT2D eigenvalue weighted by Crippen LogP contribution is -2.42. The molecular weight excluding hydrogens is 270 g/mol. The van der Waals surface area contributed by atoms with Crippen LogP contribution in [0.5, 0.6) is 0 Å². The van der Waals surface area contributed by atoms with Crippen LogP contribution in [0.1, 0.15) is 47.0 Å². The van der Waals surface area contributed by atoms with Gasteiger partial charge in [0.05, 0.1) is 0 Å². The van der Waals surface area contributed by atoms with Crippen molar-refractivity contribution in [3.63, 3.8) is 0 Å². The number of alkyl carbamates (subject to hydrolysis) is 1. The zero-order valence-corrected chi connectivity index (χ0v) is 13.4. The number of rotatable bonds is 6. The summed E-state index contributed by atoms with van der Waals surface area (Å²) >= 11 is 0. The van der Waals surface area contributed by atoms with E-state index in [0.717, 1.165) is 18.4 Å². The average molecular weight is 297 g/mol. The first-order chi connectivity index (χ1) is 9.99. The minimum Gasteiger partial charge on any atom is -0.480 e. The van der Waals surface area contributed by atoms with Crippen LogP contribution in [-0.2, 0) is 9.53 Å². The largest absolute Gasteiger partial charge is 0.480 e. The van der Waals surface area contributed by atoms with Gasteiger partial charge in [-0.15, -0.1) is 0 Å². The number of carboxylic acid groups (broad SMARTS) is 1. The van der Waals surface area contributed by atoms with E-state index in [9.17, 15) is 9.59 Å². The molecule has 1 unspecified atom stereocenters. The van der Waals surface area contributed by atoms with E-state index >= 15 is 0 Å². The molecule has 5 nitrogen and oxygen atoms in total. The fraction of sp³-hybridized carbons (Fsp3) is 0.625. The number of hydrogen-bond acceptors (Lipinski definition) is 3. The predicted octanol–water partition coefficient (Wildman–Crippen LogP) is 3.51. The number of allylic oxidation sites excluding steroid dienone is 2. The number of hydrogen-bond donors (Lipinski definition) is 2. The number of ether oxygens (including phenoxy) is 1. The van der Waals surface area contributed by atoms with Crippen molar-refractivity contribution in [3.8, 4) is 0 Å². The van der Waals surface area contributed by atoms with Crippen LogP contribution < -0.4 is 5.32 Å². The van der Waals surface area contributed by atoms with Crippen molar-refractivity contribution in [2.45, 2.75) is 53.0 Å². The van der Waals surface area contributed by atoms with Gasteiger partial charge in [0.15, 0.2) is 0 Å². The number of carbonyl (C=O) groups excluding carboxylic acids is 1. The van der Waals surface area contributed by atoms with Gasteiger partial charge in [0.1, 0.15) is 12.6 Å². The van der Waals surface area contributed by atoms with E-state index in [1.165, 1.54) is 0 Å². The SMILES string of the molecule is CC.CC(C)CC(NC(=O)OCC1=CCCC=C1)C(=O)O. The molecular formula is C16H27NO4. The van der Waals surface area contributed by atoms with Crippen LogP contribution >= 0.6 is 0 Å². The Bertz CT molecular complexity index is 386. The van der Waals surface area contributed by atoms with E-state index < -0.39 is 18.1 Å². The zero-order valence-electron chi connectivity index (χ0n) is 13.4. The van der Waals surface area contributed by atoms with Gasteiger partial charge < -0.3 is 15.2 Å². The fourth-order valence-electron chi connectivity index (χ4n) is 1.80. The van der Waals surface area contributed by atoms with Gasteiger partial charge in [0, 0.05) is 0 Å². The maximum Gasteiger partial charge on any atom is 0.408 e. The van der Waals surface area contributed by atoms with Crippen molar-refractivity contribution in [2.24, 2.45) is 5.92 Å². The normalized spacial score (nSPS) is 14.6. The van der Waals surface area contributed by atoms with Gasteiger partial charge in [-0.05, 0) is 30.8 Å². The van der Waals surface area contributed by atoms with Crippen LogP contribution in [0.15, 0.2) is 23.8 Å². The Hall–Kier alpha value is -1.78. The molecule has 0 aromatic carbocycles. The Balaban J connectivity index is 0.00000191. The molecule has 1 amide bonds. The molecule has 0 aliphatic heterocycles. The predicted molar refractivity (Wildman–Crippen MR) is 83.2 cm³/mol. The summed E-state index contributed by atoms with van der Waals surface area (Å²) < 4.78 is 5.01. The van der Waals surface area contributed by atoms with Gasteiger partial charge in [0.25, 0.3) is 0 Å². The number of aliphatic carboxylic acids is 1. The van der Waals surface area contributed by atoms with E-state index in [-0.39, 0.29) is 12.5 Å². The van der Waals surface area contributed by atoms with Gasteiger partial charge in [-0.3, -0.25) is 0 Å². The van der Waals surface area contributed by atoms with Crippen molar-refractivity contribution in [1.29, 1.82) is 0 Å². The van der Waals surface area contributed by atoms with E-state index in [0.29, 0.717) is 6.42 Å². The highest BCUT2D eigenvalue weighted by atomic mass is 16.5. The lowest BCUT2D eigenvalue weighted by atomic mass is 10.0. The highest BCUT2D eigenvalue weighted by Crippen LogP contribution is 2.10. The van der Waals surface area contributed by atoms with Gasteiger partial charge in [-0.2, -0.15) is 0 Å². The molecule has 21 heavy (non-hydrogen) atoms. The van der Waals surface area contributed by atoms with Gasteiger partial charge >= 0.3 is 12.1 Å². The zero-order chi connectivity index (χ0) is 16.3. The third-order valence-corrected chi connectivity index (χ3v) is 2.74. The van der Waals surface area contributed by atoms with Crippen LogP contribution in [0.3, 0.4) is 0 Å². The van der Waals surface area contributed by atoms with Crippen LogP contribution in [0.4, 0.5) is 4.79 Å². The molecule has 0 radical (unpaired) electrons. The molecule has 0 spiro atoms. The van der Waals surface area contributed by atoms with Crippen molar-refractivity contribution >= 4 is 12.1 Å². The van der Waals surface area contributed by atoms with Crippen molar-refractivity contribution in [2.75, 3.05) is 6.61 Å². The number of carboxylic acids is 1. The molecule has 1 aliphatic carbocycles. The molecule has 0 fully saturated rings. The van der Waals surface area contributed by atoms with Crippen LogP contribution in [0.2, 0.25) is 0 Å². The van der Waals surface area contributed by atoms with Crippen LogP contribution in [-0.4, -0.2) is 29.8 Å². The smallest absolute Gasteiger partial charge is 0.408 e. The summed E-state index contributed by atoms with van der Waals surface area (Å²) in [6, 6.07) is -0.900. The number of carbonyl (C=O) groups is 2. The van der Waals surface area contributed by atoms with Crippen molar-refractivity contribution in [1.82, 2.24) is 5.32 Å². The van der Waals surface area contributed by atoms with Crippen molar-refractivity contribution < 1.29 is 19.4 Å². The third kappa shape index (κ3) is 8.89. The molecule has 0 saturated heterocycles. The van der Waals surface area contributed by atoms with Crippen molar-refractivity contribution in [3.05, 3.63) is 23.8 Å². The maximum absolute atomic E-state index is 11.5. The Morgan fingerprint density at radius 2 is 2.00 bits per heavy atom. The quantitative estimate of drug-likeness (QED) is 0.786. The molecule has 5 heteroatoms. The molecule has 0 bridgehead atoms. The highest BCUT2D eigenvalue weighted by molar-refractivity contribution is 5.79. The van der Waals surface area contributed by atoms with Gasteiger partial charge in [-0.25, -0.2) is 9.59 Å². The molecule has 120 valence electrons. The summed E-state index contributed by atoms with van der Waals surface area (Å²) in [6.07, 6.45) is 7.60. The monoisotopic (exact) mass is 297 g/mol. The lowest BCUT2D eigenvalue weighted by molar-refractivity contribution is -0.139. The second-order valence-corrected chi connectivity index (χ2v) is 5.00. The van der Waals surface area contributed by atoms with Crippen LogP contribution in [0, 0.1) is 5.92 Å². The Morgan fingerprint density at radius 1 is 1.33 bits per heavy atom. The summed E-state index contributed by atoms with van der Waals surface area (Å²) in [5.74, 6) is -0.854. The minimum atomic E-state index is -1.04. The van der Waals surface area contributed by atoms with E-state index in [1.54, 1.807) is 0 Å². The topological polar surface area (TPSA) is 75.6 Å². The first-order valence-corrected chi connectivity index (χ1v) is 7.50. The van der Waals surface area contributed by atoms with E-state index in [2.05, 4.69) is 5.32 Å². The van der Waals surface area contributed by atoms with Gasteiger partial charge in [0.2, 0.25) is 0 Å². The van der Waals surface area contributed by atoms with E-state index in [4.69, 9.17) is 9.84 Å². The summed E-state index contributed by atoms with van der Waals surface area (Å²) in [5.41, 5.74) is 0.942. The Labute approximate surface area is 127 Å². The molecule has 0 heterocycles. The standard InChI is InChI=1S/C14H21NO4.C2H6/c1-10(2)8-12(13(16)17)15-14(18)19-9-11-6-4-3-5-7-11;1-2/h4,6-7,10,12H,3,5,8-9H2,1-2H3,(H,15,18)(H,16,17);1-2H3. The second kappa shape index (κ2) is 10.9. The first kappa shape index (κ1) is 19.2. The maximum atomic E-state index is 11.5. The second-order valence-electron chi connectivity index (χ2n) is 5.00. The lowest BCUT2D eigenvalue weighted by Gasteiger charge is -2.16. The summed E-state index contributed by atoms with van der Waals surface area (Å²) in [5, 5.41) is 11.4. The average Bonchev–Trinajstić information content (AvgIpc) is 2.47. The minimum absolute atomic E-state index is 0.177. The molecule has 0 saturated carbocycles. The highest BCUT2D eigenvalue weighted by Gasteiger charge is 2.21. The first-order valence-electron chi connectivity index (χ1n) is 7.50. The summed E-state index contributed by atoms with van der Waals surface area (Å²) in [4.78, 5) is 22.5. The van der Waals surface area contributed by atoms with E-state index in [1.807, 2.05) is 45.9 Å². The van der Waals surface area contributed by atoms with Crippen LogP contribution in [0.25, 0.3) is 0 Å². The summed E-state index contributed by atoms with van der Waals surface area (Å²) in [6.45, 7) is 7.98. The molecule has 1 rings (SSSR count). The number of nitrogens with one attached hydrogen (secondary N) is 1. The summed E-state index contributed by atoms with van der Waals surface area (Å²) in [7, 11) is 0. The Morgan fingerprint density at radius 3 is 2.48 bits per heavy atom. The fourth-order valence-corrected chi connectivity index (χ4v) is 1.80. The Kier molecular flexibility index (Phi) is 10.0. The van der Waals surface area contributed by atoms with Gasteiger partial charge in [-0.1, -0.05) is 45.9 Å². The molecule has 0 aromatic heterocycles. The third-order valence-electron chi connectivity index (χ3n) is 2.74. The molecule has 1 atom stereocenters. The number of amides is 1. The molecule has 0 aromatic rings. The molecule has 2 N–H and O–H groups in total. The molecule has 1 aliphatic rings.